The van der Waals surface area contributed by atoms with E-state index in [2.05, 4.69) is 20.8 Å². The highest BCUT2D eigenvalue weighted by Gasteiger charge is 2.26. The van der Waals surface area contributed by atoms with Gasteiger partial charge >= 0.3 is 5.97 Å². The van der Waals surface area contributed by atoms with Gasteiger partial charge in [-0.3, -0.25) is 14.9 Å². The Bertz CT molecular complexity index is 554. The van der Waals surface area contributed by atoms with Crippen molar-refractivity contribution in [2.45, 2.75) is 19.8 Å². The lowest BCUT2D eigenvalue weighted by molar-refractivity contribution is -0.385. The topological polar surface area (TPSA) is 83.7 Å². The fraction of sp³-hybridized carbons (Fsp3) is 0.462. The summed E-state index contributed by atoms with van der Waals surface area (Å²) in [6.45, 7) is 3.00. The normalized spacial score (nSPS) is 16.2. The molecule has 0 aromatic heterocycles. The summed E-state index contributed by atoms with van der Waals surface area (Å²) in [4.78, 5) is 23.5. The van der Waals surface area contributed by atoms with Crippen molar-refractivity contribution in [3.63, 3.8) is 0 Å². The first-order valence-electron chi connectivity index (χ1n) is 6.32. The van der Waals surface area contributed by atoms with E-state index in [9.17, 15) is 14.9 Å². The van der Waals surface area contributed by atoms with Crippen molar-refractivity contribution < 1.29 is 14.8 Å². The van der Waals surface area contributed by atoms with Crippen LogP contribution in [0.25, 0.3) is 0 Å². The van der Waals surface area contributed by atoms with Gasteiger partial charge in [-0.1, -0.05) is 0 Å². The second kappa shape index (κ2) is 5.78. The molecular weight excluding hydrogens is 328 g/mol. The largest absolute Gasteiger partial charge is 0.481 e. The number of halogens is 1. The Balaban J connectivity index is 2.20. The fourth-order valence-corrected chi connectivity index (χ4v) is 3.04. The number of carboxylic acid groups (broad SMARTS) is 1. The molecule has 20 heavy (non-hydrogen) atoms. The Morgan fingerprint density at radius 3 is 2.55 bits per heavy atom. The number of carbonyl (C=O) groups is 1. The van der Waals surface area contributed by atoms with Crippen LogP contribution in [0.4, 0.5) is 11.4 Å². The van der Waals surface area contributed by atoms with E-state index in [0.29, 0.717) is 36.0 Å². The zero-order valence-electron chi connectivity index (χ0n) is 11.0. The molecule has 1 aliphatic heterocycles. The summed E-state index contributed by atoms with van der Waals surface area (Å²) in [7, 11) is 0. The molecule has 1 aromatic rings. The van der Waals surface area contributed by atoms with Gasteiger partial charge in [-0.2, -0.15) is 0 Å². The number of aryl methyl sites for hydroxylation is 1. The Labute approximate surface area is 124 Å². The number of aliphatic carboxylic acids is 1. The predicted octanol–water partition coefficient (Wildman–Crippen LogP) is 2.97. The molecule has 1 aromatic carbocycles. The van der Waals surface area contributed by atoms with Crippen molar-refractivity contribution in [2.75, 3.05) is 18.0 Å². The van der Waals surface area contributed by atoms with Gasteiger partial charge in [0.25, 0.3) is 5.69 Å². The second-order valence-electron chi connectivity index (χ2n) is 4.95. The summed E-state index contributed by atoms with van der Waals surface area (Å²) in [5.74, 6) is -1.03. The predicted molar refractivity (Wildman–Crippen MR) is 78.1 cm³/mol. The van der Waals surface area contributed by atoms with Crippen molar-refractivity contribution in [1.29, 1.82) is 0 Å². The van der Waals surface area contributed by atoms with E-state index in [4.69, 9.17) is 5.11 Å². The molecule has 0 spiro atoms. The standard InChI is InChI=1S/C13H15BrN2O4/c1-8-6-12(10(14)7-11(8)16(19)20)15-4-2-9(3-5-15)13(17)18/h6-7,9H,2-5H2,1H3,(H,17,18). The Morgan fingerprint density at radius 1 is 1.45 bits per heavy atom. The van der Waals surface area contributed by atoms with Crippen LogP contribution in [-0.4, -0.2) is 29.1 Å². The summed E-state index contributed by atoms with van der Waals surface area (Å²) in [6, 6.07) is 3.29. The fourth-order valence-electron chi connectivity index (χ4n) is 2.46. The maximum atomic E-state index is 10.9. The highest BCUT2D eigenvalue weighted by atomic mass is 79.9. The highest BCUT2D eigenvalue weighted by molar-refractivity contribution is 9.10. The number of hydrogen-bond acceptors (Lipinski definition) is 4. The van der Waals surface area contributed by atoms with E-state index in [0.717, 1.165) is 5.69 Å². The van der Waals surface area contributed by atoms with Crippen molar-refractivity contribution >= 4 is 33.3 Å². The third-order valence-corrected chi connectivity index (χ3v) is 4.28. The van der Waals surface area contributed by atoms with Gasteiger partial charge in [0, 0.05) is 29.2 Å². The number of nitrogens with zero attached hydrogens (tertiary/aromatic N) is 2. The van der Waals surface area contributed by atoms with E-state index in [1.807, 2.05) is 0 Å². The molecule has 1 heterocycles. The van der Waals surface area contributed by atoms with Gasteiger partial charge in [0.2, 0.25) is 0 Å². The van der Waals surface area contributed by atoms with E-state index in [1.54, 1.807) is 13.0 Å². The van der Waals surface area contributed by atoms with Crippen LogP contribution in [0, 0.1) is 23.0 Å². The van der Waals surface area contributed by atoms with E-state index < -0.39 is 10.9 Å². The molecule has 0 bridgehead atoms. The molecule has 0 saturated carbocycles. The van der Waals surface area contributed by atoms with Crippen LogP contribution in [0.2, 0.25) is 0 Å². The third kappa shape index (κ3) is 2.92. The average molecular weight is 343 g/mol. The molecule has 108 valence electrons. The zero-order valence-corrected chi connectivity index (χ0v) is 12.6. The lowest BCUT2D eigenvalue weighted by Crippen LogP contribution is -2.36. The Kier molecular flexibility index (Phi) is 4.27. The molecule has 1 aliphatic rings. The number of rotatable bonds is 3. The molecule has 6 nitrogen and oxygen atoms in total. The maximum Gasteiger partial charge on any atom is 0.306 e. The van der Waals surface area contributed by atoms with Gasteiger partial charge in [-0.05, 0) is 41.8 Å². The van der Waals surface area contributed by atoms with Crippen LogP contribution >= 0.6 is 15.9 Å². The molecular formula is C13H15BrN2O4. The van der Waals surface area contributed by atoms with Gasteiger partial charge in [0.05, 0.1) is 16.5 Å². The van der Waals surface area contributed by atoms with Crippen LogP contribution in [0.3, 0.4) is 0 Å². The lowest BCUT2D eigenvalue weighted by atomic mass is 9.96. The minimum absolute atomic E-state index is 0.0843. The molecule has 0 radical (unpaired) electrons. The van der Waals surface area contributed by atoms with Crippen LogP contribution in [0.5, 0.6) is 0 Å². The van der Waals surface area contributed by atoms with Gasteiger partial charge in [0.1, 0.15) is 0 Å². The molecule has 1 saturated heterocycles. The highest BCUT2D eigenvalue weighted by Crippen LogP contribution is 2.35. The van der Waals surface area contributed by atoms with Crippen molar-refractivity contribution in [3.05, 3.63) is 32.3 Å². The van der Waals surface area contributed by atoms with Crippen molar-refractivity contribution in [3.8, 4) is 0 Å². The van der Waals surface area contributed by atoms with Crippen LogP contribution in [0.15, 0.2) is 16.6 Å². The van der Waals surface area contributed by atoms with Crippen LogP contribution in [-0.2, 0) is 4.79 Å². The van der Waals surface area contributed by atoms with Crippen LogP contribution in [0.1, 0.15) is 18.4 Å². The smallest absolute Gasteiger partial charge is 0.306 e. The number of benzene rings is 1. The zero-order chi connectivity index (χ0) is 14.9. The van der Waals surface area contributed by atoms with Crippen molar-refractivity contribution in [2.24, 2.45) is 5.92 Å². The Hall–Kier alpha value is -1.63. The summed E-state index contributed by atoms with van der Waals surface area (Å²) in [5, 5.41) is 19.9. The van der Waals surface area contributed by atoms with Gasteiger partial charge < -0.3 is 10.0 Å². The number of nitro benzene ring substituents is 1. The van der Waals surface area contributed by atoms with E-state index in [1.165, 1.54) is 6.07 Å². The number of nitro groups is 1. The number of carboxylic acids is 1. The van der Waals surface area contributed by atoms with Gasteiger partial charge in [-0.25, -0.2) is 0 Å². The number of anilines is 1. The van der Waals surface area contributed by atoms with Gasteiger partial charge in [-0.15, -0.1) is 0 Å². The summed E-state index contributed by atoms with van der Waals surface area (Å²) < 4.78 is 0.670. The first kappa shape index (κ1) is 14.8. The summed E-state index contributed by atoms with van der Waals surface area (Å²) >= 11 is 3.37. The monoisotopic (exact) mass is 342 g/mol. The first-order chi connectivity index (χ1) is 9.40. The second-order valence-corrected chi connectivity index (χ2v) is 5.80. The average Bonchev–Trinajstić information content (AvgIpc) is 2.40. The number of piperidine rings is 1. The first-order valence-corrected chi connectivity index (χ1v) is 7.11. The number of hydrogen-bond donors (Lipinski definition) is 1. The summed E-state index contributed by atoms with van der Waals surface area (Å²) in [5.41, 5.74) is 1.58. The Morgan fingerprint density at radius 2 is 2.05 bits per heavy atom. The van der Waals surface area contributed by atoms with Crippen molar-refractivity contribution in [1.82, 2.24) is 0 Å². The molecule has 2 rings (SSSR count). The summed E-state index contributed by atoms with van der Waals surface area (Å²) in [6.07, 6.45) is 1.19. The molecule has 1 N–H and O–H groups in total. The maximum absolute atomic E-state index is 10.9. The van der Waals surface area contributed by atoms with E-state index in [-0.39, 0.29) is 11.6 Å². The van der Waals surface area contributed by atoms with Gasteiger partial charge in [0.15, 0.2) is 0 Å². The minimum Gasteiger partial charge on any atom is -0.481 e. The quantitative estimate of drug-likeness (QED) is 0.674. The lowest BCUT2D eigenvalue weighted by Gasteiger charge is -2.32. The molecule has 0 unspecified atom stereocenters. The molecule has 7 heteroatoms. The molecule has 0 amide bonds. The molecule has 0 aliphatic carbocycles. The molecule has 0 atom stereocenters. The SMILES string of the molecule is Cc1cc(N2CCC(C(=O)O)CC2)c(Br)cc1[N+](=O)[O-]. The minimum atomic E-state index is -0.747. The van der Waals surface area contributed by atoms with E-state index >= 15 is 0 Å². The van der Waals surface area contributed by atoms with Crippen LogP contribution < -0.4 is 4.90 Å². The molecule has 1 fully saturated rings. The third-order valence-electron chi connectivity index (χ3n) is 3.65.